The number of unbranched alkanes of at least 4 members (excludes halogenated alkanes) is 2. The van der Waals surface area contributed by atoms with Crippen LogP contribution < -0.4 is 40.1 Å². The molecule has 0 radical (unpaired) electrons. The number of aliphatic carboxylic acids is 1. The average molecular weight is 194 g/mol. The Labute approximate surface area is 101 Å². The van der Waals surface area contributed by atoms with Gasteiger partial charge >= 0.3 is 29.6 Å². The summed E-state index contributed by atoms with van der Waals surface area (Å²) in [5.74, 6) is -1.22. The summed E-state index contributed by atoms with van der Waals surface area (Å²) in [6.07, 6.45) is 3.29. The van der Waals surface area contributed by atoms with Crippen molar-refractivity contribution in [3.05, 3.63) is 0 Å². The molecule has 4 nitrogen and oxygen atoms in total. The summed E-state index contributed by atoms with van der Waals surface area (Å²) < 4.78 is 0. The molecule has 0 bridgehead atoms. The Morgan fingerprint density at radius 1 is 1.46 bits per heavy atom. The number of hydrogen-bond donors (Lipinski definition) is 1. The first-order valence-electron chi connectivity index (χ1n) is 4.17. The second-order valence-corrected chi connectivity index (χ2v) is 2.60. The predicted molar refractivity (Wildman–Crippen MR) is 45.6 cm³/mol. The van der Waals surface area contributed by atoms with Crippen molar-refractivity contribution in [3.8, 4) is 0 Å². The van der Waals surface area contributed by atoms with Crippen LogP contribution in [0.2, 0.25) is 0 Å². The first kappa shape index (κ1) is 15.4. The fourth-order valence-corrected chi connectivity index (χ4v) is 0.674. The molecule has 0 atom stereocenters. The normalized spacial score (nSPS) is 10.5. The van der Waals surface area contributed by atoms with E-state index in [1.54, 1.807) is 0 Å². The molecule has 0 aliphatic rings. The van der Waals surface area contributed by atoms with E-state index in [4.69, 9.17) is 0 Å². The fourth-order valence-electron chi connectivity index (χ4n) is 0.674. The smallest absolute Gasteiger partial charge is 0.543 e. The summed E-state index contributed by atoms with van der Waals surface area (Å²) in [5.41, 5.74) is 2.66. The minimum Gasteiger partial charge on any atom is -0.543 e. The van der Waals surface area contributed by atoms with Crippen molar-refractivity contribution in [2.45, 2.75) is 33.1 Å². The molecule has 0 heterocycles. The maximum absolute atomic E-state index is 10.1. The van der Waals surface area contributed by atoms with E-state index in [-0.39, 0.29) is 35.3 Å². The van der Waals surface area contributed by atoms with E-state index in [1.807, 2.05) is 0 Å². The quantitative estimate of drug-likeness (QED) is 0.211. The summed E-state index contributed by atoms with van der Waals surface area (Å²) in [6.45, 7) is 4.23. The SMILES string of the molecule is CCCCCN/N=C(\C)C(=O)[O-].[Na+]. The number of carboxylic acid groups (broad SMARTS) is 1. The summed E-state index contributed by atoms with van der Waals surface area (Å²) in [4.78, 5) is 10.1. The molecule has 0 amide bonds. The van der Waals surface area contributed by atoms with Gasteiger partial charge in [0.1, 0.15) is 0 Å². The number of nitrogens with zero attached hydrogens (tertiary/aromatic N) is 1. The van der Waals surface area contributed by atoms with Crippen molar-refractivity contribution < 1.29 is 39.5 Å². The molecule has 0 aromatic heterocycles. The van der Waals surface area contributed by atoms with Gasteiger partial charge in [-0.3, -0.25) is 0 Å². The summed E-state index contributed by atoms with van der Waals surface area (Å²) in [5, 5.41) is 13.7. The Balaban J connectivity index is 0. The van der Waals surface area contributed by atoms with Crippen LogP contribution in [-0.4, -0.2) is 18.2 Å². The molecule has 0 spiro atoms. The second-order valence-electron chi connectivity index (χ2n) is 2.60. The third-order valence-electron chi connectivity index (χ3n) is 1.43. The van der Waals surface area contributed by atoms with E-state index in [0.29, 0.717) is 0 Å². The summed E-state index contributed by atoms with van der Waals surface area (Å²) in [6, 6.07) is 0. The van der Waals surface area contributed by atoms with Gasteiger partial charge in [-0.2, -0.15) is 5.10 Å². The van der Waals surface area contributed by atoms with E-state index < -0.39 is 5.97 Å². The first-order valence-corrected chi connectivity index (χ1v) is 4.17. The molecule has 0 aromatic rings. The monoisotopic (exact) mass is 194 g/mol. The van der Waals surface area contributed by atoms with E-state index >= 15 is 0 Å². The molecule has 0 aliphatic heterocycles. The van der Waals surface area contributed by atoms with Crippen LogP contribution in [-0.2, 0) is 4.79 Å². The molecule has 0 rings (SSSR count). The van der Waals surface area contributed by atoms with Gasteiger partial charge in [-0.25, -0.2) is 0 Å². The average Bonchev–Trinajstić information content (AvgIpc) is 2.03. The van der Waals surface area contributed by atoms with Crippen LogP contribution in [0.3, 0.4) is 0 Å². The molecule has 0 fully saturated rings. The van der Waals surface area contributed by atoms with Crippen LogP contribution in [0.25, 0.3) is 0 Å². The molecular weight excluding hydrogens is 179 g/mol. The van der Waals surface area contributed by atoms with Crippen LogP contribution in [0, 0.1) is 0 Å². The summed E-state index contributed by atoms with van der Waals surface area (Å²) in [7, 11) is 0. The van der Waals surface area contributed by atoms with Crippen LogP contribution in [0.4, 0.5) is 0 Å². The topological polar surface area (TPSA) is 64.5 Å². The molecule has 0 aromatic carbocycles. The second kappa shape index (κ2) is 10.0. The molecule has 13 heavy (non-hydrogen) atoms. The van der Waals surface area contributed by atoms with Crippen molar-refractivity contribution >= 4 is 11.7 Å². The predicted octanol–water partition coefficient (Wildman–Crippen LogP) is -3.10. The third-order valence-corrected chi connectivity index (χ3v) is 1.43. The molecular formula is C8H15N2NaO2. The van der Waals surface area contributed by atoms with E-state index in [0.717, 1.165) is 25.8 Å². The molecule has 0 saturated heterocycles. The molecule has 0 aliphatic carbocycles. The van der Waals surface area contributed by atoms with Gasteiger partial charge in [0.25, 0.3) is 0 Å². The van der Waals surface area contributed by atoms with Crippen LogP contribution in [0.15, 0.2) is 5.10 Å². The van der Waals surface area contributed by atoms with Gasteiger partial charge in [0.2, 0.25) is 0 Å². The zero-order chi connectivity index (χ0) is 9.40. The molecule has 1 N–H and O–H groups in total. The van der Waals surface area contributed by atoms with E-state index in [1.165, 1.54) is 6.92 Å². The van der Waals surface area contributed by atoms with Gasteiger partial charge in [0, 0.05) is 6.54 Å². The largest absolute Gasteiger partial charge is 1.00 e. The van der Waals surface area contributed by atoms with Gasteiger partial charge in [0.05, 0.1) is 11.7 Å². The van der Waals surface area contributed by atoms with Crippen LogP contribution in [0.1, 0.15) is 33.1 Å². The number of carbonyl (C=O) groups is 1. The number of hydrazone groups is 1. The fraction of sp³-hybridized carbons (Fsp3) is 0.750. The Kier molecular flexibility index (Phi) is 11.9. The zero-order valence-electron chi connectivity index (χ0n) is 8.59. The van der Waals surface area contributed by atoms with Gasteiger partial charge in [-0.15, -0.1) is 0 Å². The van der Waals surface area contributed by atoms with Gasteiger partial charge < -0.3 is 15.3 Å². The Bertz CT molecular complexity index is 172. The Morgan fingerprint density at radius 2 is 2.08 bits per heavy atom. The number of hydrogen-bond acceptors (Lipinski definition) is 4. The zero-order valence-corrected chi connectivity index (χ0v) is 10.6. The standard InChI is InChI=1S/C8H16N2O2.Na/c1-3-4-5-6-9-10-7(2)8(11)12;/h9H,3-6H2,1-2H3,(H,11,12);/q;+1/p-1/b10-7+;. The van der Waals surface area contributed by atoms with Gasteiger partial charge in [0.15, 0.2) is 0 Å². The van der Waals surface area contributed by atoms with Crippen molar-refractivity contribution in [1.29, 1.82) is 0 Å². The van der Waals surface area contributed by atoms with E-state index in [2.05, 4.69) is 17.5 Å². The number of carbonyl (C=O) groups excluding carboxylic acids is 1. The molecule has 5 heteroatoms. The third kappa shape index (κ3) is 9.86. The van der Waals surface area contributed by atoms with Crippen molar-refractivity contribution in [3.63, 3.8) is 0 Å². The number of rotatable bonds is 6. The van der Waals surface area contributed by atoms with Gasteiger partial charge in [-0.05, 0) is 13.3 Å². The van der Waals surface area contributed by atoms with Crippen LogP contribution >= 0.6 is 0 Å². The minimum atomic E-state index is -1.22. The van der Waals surface area contributed by atoms with Gasteiger partial charge in [-0.1, -0.05) is 19.8 Å². The number of nitrogens with one attached hydrogen (secondary N) is 1. The maximum atomic E-state index is 10.1. The summed E-state index contributed by atoms with van der Waals surface area (Å²) >= 11 is 0. The van der Waals surface area contributed by atoms with Crippen LogP contribution in [0.5, 0.6) is 0 Å². The first-order chi connectivity index (χ1) is 5.68. The van der Waals surface area contributed by atoms with Crippen molar-refractivity contribution in [1.82, 2.24) is 5.43 Å². The molecule has 0 unspecified atom stereocenters. The molecule has 70 valence electrons. The number of carboxylic acids is 1. The Morgan fingerprint density at radius 3 is 2.54 bits per heavy atom. The van der Waals surface area contributed by atoms with E-state index in [9.17, 15) is 9.90 Å². The Hall–Kier alpha value is -0.0600. The maximum Gasteiger partial charge on any atom is 1.00 e. The van der Waals surface area contributed by atoms with Crippen molar-refractivity contribution in [2.75, 3.05) is 6.54 Å². The van der Waals surface area contributed by atoms with Crippen molar-refractivity contribution in [2.24, 2.45) is 5.10 Å². The minimum absolute atomic E-state index is 0. The molecule has 0 saturated carbocycles.